The van der Waals surface area contributed by atoms with Gasteiger partial charge < -0.3 is 4.90 Å². The number of hydrogen-bond donors (Lipinski definition) is 0. The van der Waals surface area contributed by atoms with Crippen molar-refractivity contribution in [2.45, 2.75) is 19.4 Å². The second kappa shape index (κ2) is 6.63. The Balaban J connectivity index is 2.43. The molecule has 0 saturated heterocycles. The molecule has 2 aromatic rings. The van der Waals surface area contributed by atoms with E-state index in [1.807, 2.05) is 18.2 Å². The van der Waals surface area contributed by atoms with Gasteiger partial charge in [0, 0.05) is 22.8 Å². The quantitative estimate of drug-likeness (QED) is 0.713. The zero-order valence-electron chi connectivity index (χ0n) is 11.8. The highest BCUT2D eigenvalue weighted by atomic mass is 79.9. The zero-order valence-corrected chi connectivity index (χ0v) is 13.4. The number of halogens is 1. The first-order valence-electron chi connectivity index (χ1n) is 6.71. The lowest BCUT2D eigenvalue weighted by Crippen LogP contribution is -2.24. The Morgan fingerprint density at radius 2 is 1.90 bits per heavy atom. The van der Waals surface area contributed by atoms with E-state index in [4.69, 9.17) is 6.42 Å². The van der Waals surface area contributed by atoms with E-state index in [-0.39, 0.29) is 6.04 Å². The molecule has 2 heteroatoms. The van der Waals surface area contributed by atoms with Crippen LogP contribution in [-0.2, 0) is 0 Å². The van der Waals surface area contributed by atoms with Gasteiger partial charge in [0.2, 0.25) is 0 Å². The van der Waals surface area contributed by atoms with Gasteiger partial charge in [-0.1, -0.05) is 47.0 Å². The molecule has 0 saturated carbocycles. The maximum atomic E-state index is 5.65. The summed E-state index contributed by atoms with van der Waals surface area (Å²) in [5.74, 6) is 2.80. The number of para-hydroxylation sites is 1. The Morgan fingerprint density at radius 1 is 1.20 bits per heavy atom. The molecule has 0 aliphatic rings. The smallest absolute Gasteiger partial charge is 0.0549 e. The van der Waals surface area contributed by atoms with Crippen molar-refractivity contribution in [3.05, 3.63) is 64.1 Å². The number of nitrogens with zero attached hydrogens (tertiary/aromatic N) is 1. The molecule has 20 heavy (non-hydrogen) atoms. The summed E-state index contributed by atoms with van der Waals surface area (Å²) in [6.45, 7) is 2.19. The summed E-state index contributed by atoms with van der Waals surface area (Å²) in [5.41, 5.74) is 3.35. The Labute approximate surface area is 129 Å². The summed E-state index contributed by atoms with van der Waals surface area (Å²) in [6.07, 6.45) is 6.64. The fraction of sp³-hybridized carbons (Fsp3) is 0.222. The van der Waals surface area contributed by atoms with Crippen LogP contribution in [0.4, 0.5) is 5.69 Å². The maximum Gasteiger partial charge on any atom is 0.0549 e. The number of benzene rings is 2. The number of anilines is 1. The van der Waals surface area contributed by atoms with Crippen molar-refractivity contribution in [3.8, 4) is 12.3 Å². The van der Waals surface area contributed by atoms with Crippen molar-refractivity contribution in [3.63, 3.8) is 0 Å². The minimum absolute atomic E-state index is 0.265. The van der Waals surface area contributed by atoms with E-state index in [2.05, 4.69) is 71.1 Å². The third-order valence-electron chi connectivity index (χ3n) is 3.55. The summed E-state index contributed by atoms with van der Waals surface area (Å²) >= 11 is 3.54. The predicted molar refractivity (Wildman–Crippen MR) is 90.0 cm³/mol. The third-order valence-corrected chi connectivity index (χ3v) is 4.04. The standard InChI is InChI=1S/C18H18BrN/c1-4-14-11-12-15(19)13-17(14)18(5-2)20(3)16-9-7-6-8-10-16/h1,6-13,18H,5H2,2-3H3. The Hall–Kier alpha value is -1.72. The highest BCUT2D eigenvalue weighted by Gasteiger charge is 2.18. The van der Waals surface area contributed by atoms with E-state index in [0.29, 0.717) is 0 Å². The van der Waals surface area contributed by atoms with Crippen LogP contribution >= 0.6 is 15.9 Å². The summed E-state index contributed by atoms with van der Waals surface area (Å²) in [6, 6.07) is 16.8. The van der Waals surface area contributed by atoms with Crippen molar-refractivity contribution in [2.75, 3.05) is 11.9 Å². The first-order valence-corrected chi connectivity index (χ1v) is 7.50. The molecule has 0 heterocycles. The van der Waals surface area contributed by atoms with Gasteiger partial charge in [-0.25, -0.2) is 0 Å². The van der Waals surface area contributed by atoms with Crippen molar-refractivity contribution in [1.82, 2.24) is 0 Å². The number of terminal acetylenes is 1. The van der Waals surface area contributed by atoms with Gasteiger partial charge in [-0.2, -0.15) is 0 Å². The molecule has 2 rings (SSSR count). The molecular formula is C18H18BrN. The molecular weight excluding hydrogens is 310 g/mol. The Morgan fingerprint density at radius 3 is 2.50 bits per heavy atom. The fourth-order valence-corrected chi connectivity index (χ4v) is 2.86. The van der Waals surface area contributed by atoms with Crippen LogP contribution in [0, 0.1) is 12.3 Å². The number of hydrogen-bond acceptors (Lipinski definition) is 1. The molecule has 1 nitrogen and oxygen atoms in total. The van der Waals surface area contributed by atoms with Crippen molar-refractivity contribution >= 4 is 21.6 Å². The SMILES string of the molecule is C#Cc1ccc(Br)cc1C(CC)N(C)c1ccccc1. The molecule has 0 N–H and O–H groups in total. The lowest BCUT2D eigenvalue weighted by molar-refractivity contribution is 0.647. The summed E-state index contributed by atoms with van der Waals surface area (Å²) in [5, 5.41) is 0. The normalized spacial score (nSPS) is 11.7. The van der Waals surface area contributed by atoms with E-state index < -0.39 is 0 Å². The Kier molecular flexibility index (Phi) is 4.87. The molecule has 0 aromatic heterocycles. The van der Waals surface area contributed by atoms with E-state index in [0.717, 1.165) is 16.5 Å². The summed E-state index contributed by atoms with van der Waals surface area (Å²) < 4.78 is 1.06. The van der Waals surface area contributed by atoms with Crippen LogP contribution in [-0.4, -0.2) is 7.05 Å². The first-order chi connectivity index (χ1) is 9.67. The third kappa shape index (κ3) is 3.05. The molecule has 0 radical (unpaired) electrons. The Bertz CT molecular complexity index is 613. The van der Waals surface area contributed by atoms with Crippen LogP contribution in [0.2, 0.25) is 0 Å². The van der Waals surface area contributed by atoms with Gasteiger partial charge in [-0.05, 0) is 42.3 Å². The second-order valence-electron chi connectivity index (χ2n) is 4.75. The van der Waals surface area contributed by atoms with Crippen molar-refractivity contribution < 1.29 is 0 Å². The number of rotatable bonds is 4. The van der Waals surface area contributed by atoms with Crippen molar-refractivity contribution in [2.24, 2.45) is 0 Å². The van der Waals surface area contributed by atoms with Crippen LogP contribution < -0.4 is 4.90 Å². The molecule has 102 valence electrons. The highest BCUT2D eigenvalue weighted by Crippen LogP contribution is 2.31. The average Bonchev–Trinajstić information content (AvgIpc) is 2.49. The molecule has 0 aliphatic carbocycles. The topological polar surface area (TPSA) is 3.24 Å². The monoisotopic (exact) mass is 327 g/mol. The largest absolute Gasteiger partial charge is 0.368 e. The van der Waals surface area contributed by atoms with E-state index >= 15 is 0 Å². The van der Waals surface area contributed by atoms with Crippen LogP contribution in [0.3, 0.4) is 0 Å². The predicted octanol–water partition coefficient (Wildman–Crippen LogP) is 5.02. The first kappa shape index (κ1) is 14.7. The fourth-order valence-electron chi connectivity index (χ4n) is 2.49. The molecule has 0 aliphatic heterocycles. The molecule has 1 unspecified atom stereocenters. The van der Waals surface area contributed by atoms with E-state index in [1.165, 1.54) is 11.3 Å². The lowest BCUT2D eigenvalue weighted by Gasteiger charge is -2.30. The molecule has 1 atom stereocenters. The highest BCUT2D eigenvalue weighted by molar-refractivity contribution is 9.10. The van der Waals surface area contributed by atoms with Gasteiger partial charge in [0.05, 0.1) is 6.04 Å². The van der Waals surface area contributed by atoms with Crippen LogP contribution in [0.5, 0.6) is 0 Å². The van der Waals surface area contributed by atoms with Crippen LogP contribution in [0.1, 0.15) is 30.5 Å². The van der Waals surface area contributed by atoms with Gasteiger partial charge in [0.25, 0.3) is 0 Å². The van der Waals surface area contributed by atoms with Crippen LogP contribution in [0.25, 0.3) is 0 Å². The van der Waals surface area contributed by atoms with Crippen LogP contribution in [0.15, 0.2) is 53.0 Å². The average molecular weight is 328 g/mol. The molecule has 2 aromatic carbocycles. The van der Waals surface area contributed by atoms with Gasteiger partial charge in [0.15, 0.2) is 0 Å². The lowest BCUT2D eigenvalue weighted by atomic mass is 9.97. The molecule has 0 amide bonds. The van der Waals surface area contributed by atoms with Crippen molar-refractivity contribution in [1.29, 1.82) is 0 Å². The second-order valence-corrected chi connectivity index (χ2v) is 5.66. The van der Waals surface area contributed by atoms with Gasteiger partial charge in [-0.3, -0.25) is 0 Å². The molecule has 0 bridgehead atoms. The summed E-state index contributed by atoms with van der Waals surface area (Å²) in [4.78, 5) is 2.28. The molecule has 0 fully saturated rings. The zero-order chi connectivity index (χ0) is 14.5. The minimum atomic E-state index is 0.265. The van der Waals surface area contributed by atoms with Gasteiger partial charge in [-0.15, -0.1) is 6.42 Å². The summed E-state index contributed by atoms with van der Waals surface area (Å²) in [7, 11) is 2.12. The van der Waals surface area contributed by atoms with Gasteiger partial charge in [0.1, 0.15) is 0 Å². The van der Waals surface area contributed by atoms with E-state index in [9.17, 15) is 0 Å². The van der Waals surface area contributed by atoms with Gasteiger partial charge >= 0.3 is 0 Å². The minimum Gasteiger partial charge on any atom is -0.368 e. The molecule has 0 spiro atoms. The maximum absolute atomic E-state index is 5.65. The van der Waals surface area contributed by atoms with E-state index in [1.54, 1.807) is 0 Å².